The van der Waals surface area contributed by atoms with Crippen molar-refractivity contribution < 1.29 is 18.0 Å². The number of nitrogens with one attached hydrogen (secondary N) is 2. The highest BCUT2D eigenvalue weighted by molar-refractivity contribution is 7.91. The molecule has 2 aromatic carbocycles. The Morgan fingerprint density at radius 2 is 1.48 bits per heavy atom. The van der Waals surface area contributed by atoms with E-state index in [-0.39, 0.29) is 28.9 Å². The van der Waals surface area contributed by atoms with E-state index in [2.05, 4.69) is 10.6 Å². The van der Waals surface area contributed by atoms with E-state index in [0.717, 1.165) is 22.4 Å². The first-order valence-electron chi connectivity index (χ1n) is 8.56. The van der Waals surface area contributed by atoms with Crippen molar-refractivity contribution in [3.05, 3.63) is 53.1 Å². The summed E-state index contributed by atoms with van der Waals surface area (Å²) in [5.74, 6) is -0.866. The molecule has 2 N–H and O–H groups in total. The zero-order chi connectivity index (χ0) is 20.2. The Morgan fingerprint density at radius 1 is 0.926 bits per heavy atom. The summed E-state index contributed by atoms with van der Waals surface area (Å²) in [6, 6.07) is 9.83. The molecule has 144 valence electrons. The van der Waals surface area contributed by atoms with E-state index in [0.29, 0.717) is 5.69 Å². The van der Waals surface area contributed by atoms with Gasteiger partial charge in [0, 0.05) is 24.7 Å². The van der Waals surface area contributed by atoms with Crippen LogP contribution in [0.25, 0.3) is 0 Å². The third kappa shape index (κ3) is 5.65. The molecule has 0 aliphatic heterocycles. The Bertz CT molecular complexity index is 941. The lowest BCUT2D eigenvalue weighted by Gasteiger charge is -2.13. The van der Waals surface area contributed by atoms with Crippen LogP contribution >= 0.6 is 0 Å². The van der Waals surface area contributed by atoms with Crippen LogP contribution < -0.4 is 10.6 Å². The zero-order valence-corrected chi connectivity index (χ0v) is 16.7. The summed E-state index contributed by atoms with van der Waals surface area (Å²) in [4.78, 5) is 23.4. The van der Waals surface area contributed by atoms with Crippen molar-refractivity contribution in [3.63, 3.8) is 0 Å². The highest BCUT2D eigenvalue weighted by Gasteiger charge is 2.17. The van der Waals surface area contributed by atoms with E-state index < -0.39 is 9.84 Å². The number of anilines is 2. The second-order valence-corrected chi connectivity index (χ2v) is 8.71. The number of aryl methyl sites for hydroxylation is 3. The molecule has 27 heavy (non-hydrogen) atoms. The fourth-order valence-electron chi connectivity index (χ4n) is 2.87. The van der Waals surface area contributed by atoms with Gasteiger partial charge >= 0.3 is 0 Å². The van der Waals surface area contributed by atoms with Gasteiger partial charge in [0.15, 0.2) is 9.84 Å². The molecule has 0 fully saturated rings. The zero-order valence-electron chi connectivity index (χ0n) is 15.9. The molecule has 0 atom stereocenters. The van der Waals surface area contributed by atoms with Crippen molar-refractivity contribution in [2.45, 2.75) is 39.0 Å². The quantitative estimate of drug-likeness (QED) is 0.793. The predicted molar refractivity (Wildman–Crippen MR) is 107 cm³/mol. The minimum atomic E-state index is -3.59. The molecule has 0 aliphatic rings. The van der Waals surface area contributed by atoms with Crippen LogP contribution in [0, 0.1) is 20.8 Å². The maximum atomic E-state index is 12.4. The van der Waals surface area contributed by atoms with Gasteiger partial charge in [-0.1, -0.05) is 17.7 Å². The monoisotopic (exact) mass is 388 g/mol. The molecule has 6 nitrogen and oxygen atoms in total. The summed E-state index contributed by atoms with van der Waals surface area (Å²) in [6.07, 6.45) is -0.136. The van der Waals surface area contributed by atoms with Crippen LogP contribution in [0.2, 0.25) is 0 Å². The van der Waals surface area contributed by atoms with Crippen molar-refractivity contribution in [2.24, 2.45) is 0 Å². The number of benzene rings is 2. The van der Waals surface area contributed by atoms with Crippen molar-refractivity contribution in [1.82, 2.24) is 0 Å². The van der Waals surface area contributed by atoms with Gasteiger partial charge in [-0.15, -0.1) is 0 Å². The van der Waals surface area contributed by atoms with Crippen LogP contribution in [0.5, 0.6) is 0 Å². The summed E-state index contributed by atoms with van der Waals surface area (Å²) in [5.41, 5.74) is 4.23. The molecule has 2 rings (SSSR count). The molecular weight excluding hydrogens is 364 g/mol. The average molecular weight is 388 g/mol. The fraction of sp³-hybridized carbons (Fsp3) is 0.300. The minimum absolute atomic E-state index is 0.118. The number of hydrogen-bond acceptors (Lipinski definition) is 4. The van der Waals surface area contributed by atoms with Gasteiger partial charge < -0.3 is 10.6 Å². The number of amides is 2. The molecule has 0 radical (unpaired) electrons. The molecular formula is C20H24N2O4S. The van der Waals surface area contributed by atoms with E-state index in [4.69, 9.17) is 0 Å². The predicted octanol–water partition coefficient (Wildman–Crippen LogP) is 3.37. The second kappa shape index (κ2) is 8.35. The van der Waals surface area contributed by atoms with Gasteiger partial charge in [0.1, 0.15) is 0 Å². The lowest BCUT2D eigenvalue weighted by atomic mass is 10.1. The Hall–Kier alpha value is -2.67. The third-order valence-electron chi connectivity index (χ3n) is 4.07. The molecule has 0 saturated heterocycles. The van der Waals surface area contributed by atoms with E-state index in [9.17, 15) is 18.0 Å². The number of carbonyl (C=O) groups excluding carboxylic acids is 2. The maximum Gasteiger partial charge on any atom is 0.225 e. The lowest BCUT2D eigenvalue weighted by molar-refractivity contribution is -0.116. The van der Waals surface area contributed by atoms with E-state index >= 15 is 0 Å². The molecule has 0 saturated carbocycles. The highest BCUT2D eigenvalue weighted by Crippen LogP contribution is 2.22. The largest absolute Gasteiger partial charge is 0.326 e. The number of carbonyl (C=O) groups is 2. The summed E-state index contributed by atoms with van der Waals surface area (Å²) in [6.45, 7) is 7.17. The number of rotatable bonds is 6. The fourth-order valence-corrected chi connectivity index (χ4v) is 4.11. The first kappa shape index (κ1) is 20.6. The van der Waals surface area contributed by atoms with Gasteiger partial charge in [-0.05, 0) is 56.2 Å². The van der Waals surface area contributed by atoms with E-state index in [1.807, 2.05) is 32.9 Å². The van der Waals surface area contributed by atoms with Gasteiger partial charge in [-0.25, -0.2) is 8.42 Å². The molecule has 0 heterocycles. The molecule has 0 spiro atoms. The van der Waals surface area contributed by atoms with Crippen LogP contribution in [0.4, 0.5) is 11.4 Å². The van der Waals surface area contributed by atoms with Crippen molar-refractivity contribution in [2.75, 3.05) is 16.4 Å². The number of sulfone groups is 1. The molecule has 2 aromatic rings. The molecule has 7 heteroatoms. The van der Waals surface area contributed by atoms with Crippen molar-refractivity contribution >= 4 is 33.0 Å². The van der Waals surface area contributed by atoms with Gasteiger partial charge in [-0.2, -0.15) is 0 Å². The summed E-state index contributed by atoms with van der Waals surface area (Å²) >= 11 is 0. The van der Waals surface area contributed by atoms with Gasteiger partial charge in [0.2, 0.25) is 11.8 Å². The molecule has 0 aliphatic carbocycles. The number of hydrogen-bond donors (Lipinski definition) is 2. The Balaban J connectivity index is 2.02. The molecule has 0 aromatic heterocycles. The standard InChI is InChI=1S/C20H24N2O4S/c1-13-11-14(2)20(15(3)12-13)22-19(24)9-10-27(25,26)18-7-5-17(6-8-18)21-16(4)23/h5-8,11-12H,9-10H2,1-4H3,(H,21,23)(H,22,24). The van der Waals surface area contributed by atoms with E-state index in [1.165, 1.54) is 31.2 Å². The summed E-state index contributed by atoms with van der Waals surface area (Å²) < 4.78 is 24.9. The normalized spacial score (nSPS) is 11.1. The van der Waals surface area contributed by atoms with Crippen molar-refractivity contribution in [1.29, 1.82) is 0 Å². The average Bonchev–Trinajstić information content (AvgIpc) is 2.56. The van der Waals surface area contributed by atoms with Crippen LogP contribution in [0.15, 0.2) is 41.3 Å². The van der Waals surface area contributed by atoms with E-state index in [1.54, 1.807) is 0 Å². The van der Waals surface area contributed by atoms with Gasteiger partial charge in [0.05, 0.1) is 10.6 Å². The Morgan fingerprint density at radius 3 is 2.00 bits per heavy atom. The highest BCUT2D eigenvalue weighted by atomic mass is 32.2. The SMILES string of the molecule is CC(=O)Nc1ccc(S(=O)(=O)CCC(=O)Nc2c(C)cc(C)cc2C)cc1. The van der Waals surface area contributed by atoms with Crippen LogP contribution in [-0.4, -0.2) is 26.0 Å². The molecule has 0 bridgehead atoms. The third-order valence-corrected chi connectivity index (χ3v) is 5.81. The maximum absolute atomic E-state index is 12.4. The van der Waals surface area contributed by atoms with Crippen LogP contribution in [0.3, 0.4) is 0 Å². The smallest absolute Gasteiger partial charge is 0.225 e. The first-order valence-corrected chi connectivity index (χ1v) is 10.2. The Kier molecular flexibility index (Phi) is 6.38. The molecule has 2 amide bonds. The summed E-state index contributed by atoms with van der Waals surface area (Å²) in [5, 5.41) is 5.39. The van der Waals surface area contributed by atoms with Crippen LogP contribution in [0.1, 0.15) is 30.0 Å². The topological polar surface area (TPSA) is 92.3 Å². The van der Waals surface area contributed by atoms with Gasteiger partial charge in [-0.3, -0.25) is 9.59 Å². The van der Waals surface area contributed by atoms with Crippen molar-refractivity contribution in [3.8, 4) is 0 Å². The van der Waals surface area contributed by atoms with Crippen LogP contribution in [-0.2, 0) is 19.4 Å². The summed E-state index contributed by atoms with van der Waals surface area (Å²) in [7, 11) is -3.59. The van der Waals surface area contributed by atoms with Gasteiger partial charge in [0.25, 0.3) is 0 Å². The first-order chi connectivity index (χ1) is 12.6. The lowest BCUT2D eigenvalue weighted by Crippen LogP contribution is -2.18. The minimum Gasteiger partial charge on any atom is -0.326 e. The molecule has 0 unspecified atom stereocenters. The second-order valence-electron chi connectivity index (χ2n) is 6.60. The Labute approximate surface area is 159 Å².